The van der Waals surface area contributed by atoms with Crippen LogP contribution in [-0.4, -0.2) is 68.2 Å². The van der Waals surface area contributed by atoms with Crippen LogP contribution in [0.2, 0.25) is 0 Å². The molecule has 158 valence electrons. The molecule has 7 heteroatoms. The van der Waals surface area contributed by atoms with Gasteiger partial charge in [-0.1, -0.05) is 18.2 Å². The number of nitriles is 1. The Labute approximate surface area is 177 Å². The zero-order valence-corrected chi connectivity index (χ0v) is 17.1. The lowest BCUT2D eigenvalue weighted by Gasteiger charge is -2.29. The molecule has 0 bridgehead atoms. The molecule has 0 aromatic heterocycles. The van der Waals surface area contributed by atoms with E-state index in [1.54, 1.807) is 0 Å². The van der Waals surface area contributed by atoms with Gasteiger partial charge in [-0.15, -0.1) is 0 Å². The summed E-state index contributed by atoms with van der Waals surface area (Å²) in [7, 11) is 0. The Hall–Kier alpha value is -2.92. The number of anilines is 1. The van der Waals surface area contributed by atoms with Gasteiger partial charge in [0.25, 0.3) is 0 Å². The Balaban J connectivity index is 1.48. The fourth-order valence-electron chi connectivity index (χ4n) is 3.22. The van der Waals surface area contributed by atoms with Crippen molar-refractivity contribution >= 4 is 11.6 Å². The number of nitrogens with one attached hydrogen (secondary N) is 1. The van der Waals surface area contributed by atoms with E-state index in [0.717, 1.165) is 45.1 Å². The summed E-state index contributed by atoms with van der Waals surface area (Å²) in [6.07, 6.45) is 0.405. The third-order valence-electron chi connectivity index (χ3n) is 4.86. The van der Waals surface area contributed by atoms with Crippen LogP contribution in [0.3, 0.4) is 0 Å². The van der Waals surface area contributed by atoms with E-state index in [1.807, 2.05) is 59.5 Å². The van der Waals surface area contributed by atoms with E-state index in [4.69, 9.17) is 14.7 Å². The maximum atomic E-state index is 12.5. The van der Waals surface area contributed by atoms with Crippen molar-refractivity contribution in [1.29, 1.82) is 5.26 Å². The van der Waals surface area contributed by atoms with E-state index in [9.17, 15) is 4.79 Å². The number of rotatable bonds is 10. The van der Waals surface area contributed by atoms with Gasteiger partial charge in [0.2, 0.25) is 5.91 Å². The molecule has 0 spiro atoms. The molecule has 1 N–H and O–H groups in total. The fraction of sp³-hybridized carbons (Fsp3) is 0.391. The number of hydrogen-bond acceptors (Lipinski definition) is 6. The summed E-state index contributed by atoms with van der Waals surface area (Å²) in [5.74, 6) is 1.38. The van der Waals surface area contributed by atoms with Crippen molar-refractivity contribution in [2.45, 2.75) is 6.42 Å². The number of morpholine rings is 1. The number of nitrogens with zero attached hydrogens (tertiary/aromatic N) is 3. The summed E-state index contributed by atoms with van der Waals surface area (Å²) in [4.78, 5) is 16.9. The maximum Gasteiger partial charge on any atom is 0.238 e. The molecule has 7 nitrogen and oxygen atoms in total. The highest BCUT2D eigenvalue weighted by Gasteiger charge is 2.15. The highest BCUT2D eigenvalue weighted by atomic mass is 16.5. The third kappa shape index (κ3) is 7.48. The predicted molar refractivity (Wildman–Crippen MR) is 116 cm³/mol. The lowest BCUT2D eigenvalue weighted by Crippen LogP contribution is -2.43. The predicted octanol–water partition coefficient (Wildman–Crippen LogP) is 2.97. The number of benzene rings is 2. The standard InChI is InChI=1S/C23H28N4O3/c24-11-4-12-27(14-13-26-15-17-29-18-16-26)19-23(28)25-20-7-9-22(10-8-20)30-21-5-2-1-3-6-21/h1-3,5-10H,4,12-19H2,(H,25,28). The second kappa shape index (κ2) is 11.9. The summed E-state index contributed by atoms with van der Waals surface area (Å²) in [6, 6.07) is 19.0. The minimum atomic E-state index is -0.0911. The number of carbonyl (C=O) groups excluding carboxylic acids is 1. The molecule has 1 aliphatic rings. The molecule has 0 saturated carbocycles. The molecule has 30 heavy (non-hydrogen) atoms. The van der Waals surface area contributed by atoms with Crippen LogP contribution < -0.4 is 10.1 Å². The van der Waals surface area contributed by atoms with Gasteiger partial charge in [-0.2, -0.15) is 5.26 Å². The Morgan fingerprint density at radius 1 is 1.07 bits per heavy atom. The first-order chi connectivity index (χ1) is 14.7. The Morgan fingerprint density at radius 3 is 2.47 bits per heavy atom. The summed E-state index contributed by atoms with van der Waals surface area (Å²) in [6.45, 7) is 5.79. The molecule has 1 saturated heterocycles. The van der Waals surface area contributed by atoms with Gasteiger partial charge in [-0.05, 0) is 36.4 Å². The monoisotopic (exact) mass is 408 g/mol. The summed E-state index contributed by atoms with van der Waals surface area (Å²) < 4.78 is 11.1. The van der Waals surface area contributed by atoms with E-state index < -0.39 is 0 Å². The van der Waals surface area contributed by atoms with E-state index in [2.05, 4.69) is 16.3 Å². The van der Waals surface area contributed by atoms with Gasteiger partial charge in [0.1, 0.15) is 11.5 Å². The van der Waals surface area contributed by atoms with Crippen LogP contribution in [0.25, 0.3) is 0 Å². The Morgan fingerprint density at radius 2 is 1.77 bits per heavy atom. The average Bonchev–Trinajstić information content (AvgIpc) is 2.78. The van der Waals surface area contributed by atoms with Gasteiger partial charge >= 0.3 is 0 Å². The zero-order valence-electron chi connectivity index (χ0n) is 17.1. The second-order valence-electron chi connectivity index (χ2n) is 7.13. The zero-order chi connectivity index (χ0) is 21.0. The summed E-state index contributed by atoms with van der Waals surface area (Å²) in [5.41, 5.74) is 0.717. The van der Waals surface area contributed by atoms with E-state index in [1.165, 1.54) is 0 Å². The fourth-order valence-corrected chi connectivity index (χ4v) is 3.22. The van der Waals surface area contributed by atoms with E-state index in [0.29, 0.717) is 24.4 Å². The van der Waals surface area contributed by atoms with Crippen molar-refractivity contribution in [3.8, 4) is 17.6 Å². The van der Waals surface area contributed by atoms with Gasteiger partial charge in [0.05, 0.1) is 25.8 Å². The minimum absolute atomic E-state index is 0.0911. The van der Waals surface area contributed by atoms with Gasteiger partial charge in [-0.3, -0.25) is 14.6 Å². The highest BCUT2D eigenvalue weighted by molar-refractivity contribution is 5.92. The number of amides is 1. The van der Waals surface area contributed by atoms with Crippen molar-refractivity contribution in [1.82, 2.24) is 9.80 Å². The van der Waals surface area contributed by atoms with Gasteiger partial charge < -0.3 is 14.8 Å². The molecule has 1 fully saturated rings. The lowest BCUT2D eigenvalue weighted by molar-refractivity contribution is -0.117. The van der Waals surface area contributed by atoms with E-state index >= 15 is 0 Å². The van der Waals surface area contributed by atoms with Gasteiger partial charge in [0, 0.05) is 44.8 Å². The largest absolute Gasteiger partial charge is 0.457 e. The highest BCUT2D eigenvalue weighted by Crippen LogP contribution is 2.22. The number of hydrogen-bond donors (Lipinski definition) is 1. The Kier molecular flexibility index (Phi) is 8.66. The van der Waals surface area contributed by atoms with Gasteiger partial charge in [0.15, 0.2) is 0 Å². The Bertz CT molecular complexity index is 815. The molecule has 2 aromatic carbocycles. The average molecular weight is 409 g/mol. The molecule has 0 atom stereocenters. The smallest absolute Gasteiger partial charge is 0.238 e. The van der Waals surface area contributed by atoms with Crippen molar-refractivity contribution < 1.29 is 14.3 Å². The normalized spacial score (nSPS) is 14.3. The molecule has 0 radical (unpaired) electrons. The molecular formula is C23H28N4O3. The lowest BCUT2D eigenvalue weighted by atomic mass is 10.3. The second-order valence-corrected chi connectivity index (χ2v) is 7.13. The van der Waals surface area contributed by atoms with Gasteiger partial charge in [-0.25, -0.2) is 0 Å². The number of para-hydroxylation sites is 1. The SMILES string of the molecule is N#CCCN(CCN1CCOCC1)CC(=O)Nc1ccc(Oc2ccccc2)cc1. The van der Waals surface area contributed by atoms with Crippen LogP contribution in [0.15, 0.2) is 54.6 Å². The van der Waals surface area contributed by atoms with Crippen LogP contribution >= 0.6 is 0 Å². The number of ether oxygens (including phenoxy) is 2. The minimum Gasteiger partial charge on any atom is -0.457 e. The van der Waals surface area contributed by atoms with E-state index in [-0.39, 0.29) is 12.5 Å². The van der Waals surface area contributed by atoms with Crippen LogP contribution in [0.1, 0.15) is 6.42 Å². The molecule has 1 aliphatic heterocycles. The molecule has 0 unspecified atom stereocenters. The van der Waals surface area contributed by atoms with Crippen molar-refractivity contribution in [3.63, 3.8) is 0 Å². The summed E-state index contributed by atoms with van der Waals surface area (Å²) >= 11 is 0. The first-order valence-electron chi connectivity index (χ1n) is 10.2. The number of carbonyl (C=O) groups is 1. The summed E-state index contributed by atoms with van der Waals surface area (Å²) in [5, 5.41) is 11.8. The van der Waals surface area contributed by atoms with Crippen molar-refractivity contribution in [3.05, 3.63) is 54.6 Å². The van der Waals surface area contributed by atoms with Crippen LogP contribution in [0, 0.1) is 11.3 Å². The van der Waals surface area contributed by atoms with Crippen LogP contribution in [0.4, 0.5) is 5.69 Å². The molecule has 3 rings (SSSR count). The molecule has 0 aliphatic carbocycles. The first kappa shape index (κ1) is 21.8. The third-order valence-corrected chi connectivity index (χ3v) is 4.86. The molecular weight excluding hydrogens is 380 g/mol. The van der Waals surface area contributed by atoms with Crippen LogP contribution in [0.5, 0.6) is 11.5 Å². The van der Waals surface area contributed by atoms with Crippen molar-refractivity contribution in [2.24, 2.45) is 0 Å². The molecule has 1 heterocycles. The topological polar surface area (TPSA) is 77.8 Å². The maximum absolute atomic E-state index is 12.5. The van der Waals surface area contributed by atoms with Crippen LogP contribution in [-0.2, 0) is 9.53 Å². The van der Waals surface area contributed by atoms with Crippen molar-refractivity contribution in [2.75, 3.05) is 57.8 Å². The first-order valence-corrected chi connectivity index (χ1v) is 10.2. The quantitative estimate of drug-likeness (QED) is 0.651. The molecule has 2 aromatic rings. The molecule has 1 amide bonds.